The summed E-state index contributed by atoms with van der Waals surface area (Å²) < 4.78 is 6.31. The molecule has 0 amide bonds. The average Bonchev–Trinajstić information content (AvgIpc) is 3.00. The molecule has 218 valence electrons. The van der Waals surface area contributed by atoms with Crippen LogP contribution in [-0.2, 0) is 24.2 Å². The molecule has 3 aromatic rings. The lowest BCUT2D eigenvalue weighted by molar-refractivity contribution is -0.137. The van der Waals surface area contributed by atoms with Crippen LogP contribution in [0.1, 0.15) is 109 Å². The molecule has 2 N–H and O–H groups in total. The lowest BCUT2D eigenvalue weighted by Gasteiger charge is -2.22. The van der Waals surface area contributed by atoms with Gasteiger partial charge in [0.2, 0.25) is 0 Å². The van der Waals surface area contributed by atoms with E-state index in [4.69, 9.17) is 14.9 Å². The minimum absolute atomic E-state index is 0.210. The van der Waals surface area contributed by atoms with Crippen LogP contribution in [0.2, 0.25) is 0 Å². The topological polar surface area (TPSA) is 83.8 Å². The summed E-state index contributed by atoms with van der Waals surface area (Å²) in [6, 6.07) is 24.4. The van der Waals surface area contributed by atoms with Crippen molar-refractivity contribution in [3.63, 3.8) is 0 Å². The number of carbonyl (C=O) groups is 2. The minimum atomic E-state index is -0.912. The van der Waals surface area contributed by atoms with Crippen LogP contribution in [0, 0.1) is 5.92 Å². The molecule has 5 nitrogen and oxygen atoms in total. The third kappa shape index (κ3) is 10.1. The summed E-state index contributed by atoms with van der Waals surface area (Å²) in [7, 11) is 0. The van der Waals surface area contributed by atoms with E-state index in [0.717, 1.165) is 49.8 Å². The van der Waals surface area contributed by atoms with Gasteiger partial charge in [0.05, 0.1) is 5.56 Å². The molecule has 0 radical (unpaired) electrons. The fourth-order valence-corrected chi connectivity index (χ4v) is 6.02. The Kier molecular flexibility index (Phi) is 11.8. The van der Waals surface area contributed by atoms with Crippen LogP contribution in [-0.4, -0.2) is 22.2 Å². The highest BCUT2D eigenvalue weighted by molar-refractivity contribution is 5.87. The van der Waals surface area contributed by atoms with Crippen molar-refractivity contribution in [2.45, 2.75) is 96.0 Å². The molecule has 3 aromatic carbocycles. The van der Waals surface area contributed by atoms with Gasteiger partial charge < -0.3 is 14.9 Å². The molecule has 41 heavy (non-hydrogen) atoms. The van der Waals surface area contributed by atoms with Crippen LogP contribution in [0.3, 0.4) is 0 Å². The summed E-state index contributed by atoms with van der Waals surface area (Å²) in [5.74, 6) is 0.432. The third-order valence-corrected chi connectivity index (χ3v) is 8.54. The Morgan fingerprint density at radius 3 is 2.15 bits per heavy atom. The number of benzene rings is 3. The monoisotopic (exact) mass is 556 g/mol. The summed E-state index contributed by atoms with van der Waals surface area (Å²) in [4.78, 5) is 22.1. The van der Waals surface area contributed by atoms with Gasteiger partial charge in [0, 0.05) is 6.42 Å². The molecule has 1 atom stereocenters. The molecular weight excluding hydrogens is 512 g/mol. The molecule has 1 saturated carbocycles. The molecule has 1 unspecified atom stereocenters. The predicted molar refractivity (Wildman–Crippen MR) is 163 cm³/mol. The fourth-order valence-electron chi connectivity index (χ4n) is 6.02. The maximum atomic E-state index is 11.2. The van der Waals surface area contributed by atoms with Crippen molar-refractivity contribution in [1.29, 1.82) is 0 Å². The zero-order chi connectivity index (χ0) is 28.9. The van der Waals surface area contributed by atoms with Gasteiger partial charge in [-0.15, -0.1) is 0 Å². The van der Waals surface area contributed by atoms with Crippen LogP contribution >= 0.6 is 0 Å². The van der Waals surface area contributed by atoms with Crippen molar-refractivity contribution in [3.8, 4) is 5.75 Å². The number of ether oxygens (including phenoxy) is 1. The second-order valence-corrected chi connectivity index (χ2v) is 11.6. The van der Waals surface area contributed by atoms with Gasteiger partial charge in [0.25, 0.3) is 0 Å². The smallest absolute Gasteiger partial charge is 0.335 e. The maximum absolute atomic E-state index is 11.2. The van der Waals surface area contributed by atoms with Crippen LogP contribution < -0.4 is 4.74 Å². The SMILES string of the molecule is O=C(O)CCCCC(CCc1ccc(C(=O)O)cc1)CCc1ccccc1OCc1ccc(C2CCCCC2)cc1. The van der Waals surface area contributed by atoms with Crippen molar-refractivity contribution in [3.05, 3.63) is 101 Å². The van der Waals surface area contributed by atoms with Gasteiger partial charge in [-0.2, -0.15) is 0 Å². The van der Waals surface area contributed by atoms with E-state index in [2.05, 4.69) is 42.5 Å². The van der Waals surface area contributed by atoms with Crippen LogP contribution in [0.5, 0.6) is 5.75 Å². The van der Waals surface area contributed by atoms with Gasteiger partial charge in [0.1, 0.15) is 12.4 Å². The summed E-state index contributed by atoms with van der Waals surface area (Å²) in [5, 5.41) is 18.2. The lowest BCUT2D eigenvalue weighted by Crippen LogP contribution is -2.07. The first-order chi connectivity index (χ1) is 20.0. The Balaban J connectivity index is 1.32. The first-order valence-corrected chi connectivity index (χ1v) is 15.3. The molecule has 4 rings (SSSR count). The molecular formula is C36H44O5. The number of para-hydroxylation sites is 1. The second kappa shape index (κ2) is 16.0. The summed E-state index contributed by atoms with van der Waals surface area (Å²) >= 11 is 0. The highest BCUT2D eigenvalue weighted by Crippen LogP contribution is 2.33. The normalized spacial score (nSPS) is 14.4. The first kappa shape index (κ1) is 30.4. The number of hydrogen-bond acceptors (Lipinski definition) is 3. The fraction of sp³-hybridized carbons (Fsp3) is 0.444. The van der Waals surface area contributed by atoms with Crippen LogP contribution in [0.4, 0.5) is 0 Å². The van der Waals surface area contributed by atoms with Crippen molar-refractivity contribution in [2.24, 2.45) is 5.92 Å². The standard InChI is InChI=1S/C36H44O5/c37-35(38)13-7-4-8-27(14-15-28-17-24-33(25-18-28)36(39)40)16-23-32-11-5-6-12-34(32)41-26-29-19-21-31(22-20-29)30-9-2-1-3-10-30/h5-6,11-12,17-22,24-25,27,30H,1-4,7-10,13-16,23,26H2,(H,37,38)(H,39,40). The summed E-state index contributed by atoms with van der Waals surface area (Å²) in [5.41, 5.74) is 5.28. The molecule has 5 heteroatoms. The minimum Gasteiger partial charge on any atom is -0.489 e. The quantitative estimate of drug-likeness (QED) is 0.172. The van der Waals surface area contributed by atoms with Gasteiger partial charge in [-0.25, -0.2) is 4.79 Å². The average molecular weight is 557 g/mol. The zero-order valence-corrected chi connectivity index (χ0v) is 24.1. The molecule has 0 aliphatic heterocycles. The summed E-state index contributed by atoms with van der Waals surface area (Å²) in [6.45, 7) is 0.549. The predicted octanol–water partition coefficient (Wildman–Crippen LogP) is 8.84. The number of unbranched alkanes of at least 4 members (excludes halogenated alkanes) is 1. The Hall–Kier alpha value is -3.60. The number of aromatic carboxylic acids is 1. The molecule has 0 heterocycles. The first-order valence-electron chi connectivity index (χ1n) is 15.3. The van der Waals surface area contributed by atoms with E-state index in [1.54, 1.807) is 12.1 Å². The number of carboxylic acid groups (broad SMARTS) is 2. The maximum Gasteiger partial charge on any atom is 0.335 e. The molecule has 0 saturated heterocycles. The van der Waals surface area contributed by atoms with E-state index in [9.17, 15) is 9.59 Å². The van der Waals surface area contributed by atoms with E-state index >= 15 is 0 Å². The van der Waals surface area contributed by atoms with Gasteiger partial charge in [-0.05, 0) is 97.2 Å². The molecule has 0 bridgehead atoms. The number of rotatable bonds is 16. The van der Waals surface area contributed by atoms with E-state index in [0.29, 0.717) is 30.4 Å². The second-order valence-electron chi connectivity index (χ2n) is 11.6. The Bertz CT molecular complexity index is 1230. The van der Waals surface area contributed by atoms with Crippen molar-refractivity contribution >= 4 is 11.9 Å². The van der Waals surface area contributed by atoms with E-state index < -0.39 is 11.9 Å². The highest BCUT2D eigenvalue weighted by atomic mass is 16.5. The van der Waals surface area contributed by atoms with E-state index in [1.807, 2.05) is 18.2 Å². The van der Waals surface area contributed by atoms with Crippen molar-refractivity contribution < 1.29 is 24.5 Å². The van der Waals surface area contributed by atoms with Gasteiger partial charge in [-0.1, -0.05) is 86.7 Å². The Morgan fingerprint density at radius 2 is 1.44 bits per heavy atom. The van der Waals surface area contributed by atoms with Gasteiger partial charge in [-0.3, -0.25) is 4.79 Å². The number of aliphatic carboxylic acids is 1. The van der Waals surface area contributed by atoms with E-state index in [-0.39, 0.29) is 6.42 Å². The zero-order valence-electron chi connectivity index (χ0n) is 24.1. The lowest BCUT2D eigenvalue weighted by atomic mass is 9.84. The highest BCUT2D eigenvalue weighted by Gasteiger charge is 2.16. The third-order valence-electron chi connectivity index (χ3n) is 8.54. The van der Waals surface area contributed by atoms with Gasteiger partial charge >= 0.3 is 11.9 Å². The van der Waals surface area contributed by atoms with E-state index in [1.165, 1.54) is 48.8 Å². The van der Waals surface area contributed by atoms with Crippen LogP contribution in [0.15, 0.2) is 72.8 Å². The summed E-state index contributed by atoms with van der Waals surface area (Å²) in [6.07, 6.45) is 13.2. The molecule has 1 aliphatic rings. The largest absolute Gasteiger partial charge is 0.489 e. The Morgan fingerprint density at radius 1 is 0.756 bits per heavy atom. The van der Waals surface area contributed by atoms with Crippen molar-refractivity contribution in [2.75, 3.05) is 0 Å². The number of hydrogen-bond donors (Lipinski definition) is 2. The number of carboxylic acids is 2. The molecule has 1 aliphatic carbocycles. The number of aryl methyl sites for hydroxylation is 2. The molecule has 0 spiro atoms. The Labute approximate surface area is 244 Å². The molecule has 0 aromatic heterocycles. The van der Waals surface area contributed by atoms with Gasteiger partial charge in [0.15, 0.2) is 0 Å². The molecule has 1 fully saturated rings. The van der Waals surface area contributed by atoms with Crippen molar-refractivity contribution in [1.82, 2.24) is 0 Å². The van der Waals surface area contributed by atoms with Crippen LogP contribution in [0.25, 0.3) is 0 Å².